The molecule has 6 heteroatoms. The Hall–Kier alpha value is -3.02. The molecule has 124 valence electrons. The number of anilines is 2. The van der Waals surface area contributed by atoms with Gasteiger partial charge in [-0.1, -0.05) is 17.7 Å². The molecule has 6 nitrogen and oxygen atoms in total. The monoisotopic (exact) mass is 326 g/mol. The number of nitrogens with zero attached hydrogens (tertiary/aromatic N) is 1. The van der Waals surface area contributed by atoms with Crippen LogP contribution in [0.3, 0.4) is 0 Å². The van der Waals surface area contributed by atoms with Crippen LogP contribution in [0.2, 0.25) is 0 Å². The summed E-state index contributed by atoms with van der Waals surface area (Å²) in [4.78, 5) is 25.2. The maximum Gasteiger partial charge on any atom is 0.264 e. The third kappa shape index (κ3) is 3.48. The van der Waals surface area contributed by atoms with Gasteiger partial charge in [-0.2, -0.15) is 0 Å². The molecular weight excluding hydrogens is 308 g/mol. The minimum atomic E-state index is -0.277. The molecule has 0 atom stereocenters. The first kappa shape index (κ1) is 15.9. The first-order valence-corrected chi connectivity index (χ1v) is 7.55. The van der Waals surface area contributed by atoms with Crippen LogP contribution in [0.5, 0.6) is 11.5 Å². The predicted molar refractivity (Wildman–Crippen MR) is 90.7 cm³/mol. The number of benzene rings is 2. The average Bonchev–Trinajstić information content (AvgIpc) is 2.58. The number of fused-ring (bicyclic) bond motifs is 1. The summed E-state index contributed by atoms with van der Waals surface area (Å²) >= 11 is 0. The highest BCUT2D eigenvalue weighted by Crippen LogP contribution is 2.33. The minimum Gasteiger partial charge on any atom is -0.484 e. The van der Waals surface area contributed by atoms with Gasteiger partial charge in [-0.05, 0) is 37.3 Å². The van der Waals surface area contributed by atoms with E-state index in [-0.39, 0.29) is 25.0 Å². The van der Waals surface area contributed by atoms with Gasteiger partial charge in [0.25, 0.3) is 11.8 Å². The molecule has 1 aliphatic rings. The largest absolute Gasteiger partial charge is 0.484 e. The van der Waals surface area contributed by atoms with E-state index < -0.39 is 0 Å². The second-order valence-corrected chi connectivity index (χ2v) is 5.57. The lowest BCUT2D eigenvalue weighted by Crippen LogP contribution is -2.35. The summed E-state index contributed by atoms with van der Waals surface area (Å²) < 4.78 is 10.8. The van der Waals surface area contributed by atoms with Gasteiger partial charge < -0.3 is 19.7 Å². The fourth-order valence-corrected chi connectivity index (χ4v) is 2.33. The van der Waals surface area contributed by atoms with E-state index in [0.29, 0.717) is 22.9 Å². The number of aryl methyl sites for hydroxylation is 1. The zero-order valence-electron chi connectivity index (χ0n) is 13.5. The van der Waals surface area contributed by atoms with E-state index in [4.69, 9.17) is 9.47 Å². The van der Waals surface area contributed by atoms with Crippen LogP contribution >= 0.6 is 0 Å². The average molecular weight is 326 g/mol. The number of nitrogens with one attached hydrogen (secondary N) is 1. The quantitative estimate of drug-likeness (QED) is 0.936. The van der Waals surface area contributed by atoms with Crippen LogP contribution in [-0.4, -0.2) is 32.1 Å². The molecule has 0 radical (unpaired) electrons. The van der Waals surface area contributed by atoms with Crippen LogP contribution < -0.4 is 19.7 Å². The van der Waals surface area contributed by atoms with Gasteiger partial charge in [-0.25, -0.2) is 0 Å². The maximum absolute atomic E-state index is 12.0. The number of likely N-dealkylation sites (N-methyl/N-ethyl adjacent to an activating group) is 1. The number of amides is 2. The number of rotatable bonds is 4. The van der Waals surface area contributed by atoms with Gasteiger partial charge in [0, 0.05) is 12.7 Å². The molecule has 0 aromatic heterocycles. The Bertz CT molecular complexity index is 771. The van der Waals surface area contributed by atoms with E-state index in [9.17, 15) is 9.59 Å². The van der Waals surface area contributed by atoms with Crippen LogP contribution in [0.15, 0.2) is 42.5 Å². The van der Waals surface area contributed by atoms with Crippen LogP contribution in [-0.2, 0) is 9.59 Å². The molecule has 24 heavy (non-hydrogen) atoms. The van der Waals surface area contributed by atoms with E-state index >= 15 is 0 Å². The van der Waals surface area contributed by atoms with Crippen molar-refractivity contribution in [3.8, 4) is 11.5 Å². The van der Waals surface area contributed by atoms with Gasteiger partial charge in [0.05, 0.1) is 5.69 Å². The normalized spacial score (nSPS) is 13.1. The molecule has 1 aliphatic heterocycles. The molecule has 1 heterocycles. The summed E-state index contributed by atoms with van der Waals surface area (Å²) in [5.74, 6) is 0.848. The first-order valence-electron chi connectivity index (χ1n) is 7.55. The van der Waals surface area contributed by atoms with Crippen LogP contribution in [0, 0.1) is 6.92 Å². The van der Waals surface area contributed by atoms with Crippen LogP contribution in [0.1, 0.15) is 5.56 Å². The third-order valence-corrected chi connectivity index (χ3v) is 3.72. The summed E-state index contributed by atoms with van der Waals surface area (Å²) in [5.41, 5.74) is 2.33. The van der Waals surface area contributed by atoms with Crippen molar-refractivity contribution < 1.29 is 19.1 Å². The van der Waals surface area contributed by atoms with Gasteiger partial charge in [0.1, 0.15) is 11.5 Å². The van der Waals surface area contributed by atoms with Crippen molar-refractivity contribution in [2.45, 2.75) is 6.92 Å². The maximum atomic E-state index is 12.0. The molecule has 3 rings (SSSR count). The summed E-state index contributed by atoms with van der Waals surface area (Å²) in [6.45, 7) is 1.92. The molecule has 0 spiro atoms. The standard InChI is InChI=1S/C18H18N2O4/c1-12-3-6-14(7-4-12)23-10-17(21)19-13-5-8-16-15(9-13)20(2)18(22)11-24-16/h3-9H,10-11H2,1-2H3,(H,19,21). The smallest absolute Gasteiger partial charge is 0.264 e. The SMILES string of the molecule is Cc1ccc(OCC(=O)Nc2ccc3c(c2)N(C)C(=O)CO3)cc1. The number of hydrogen-bond donors (Lipinski definition) is 1. The van der Waals surface area contributed by atoms with Crippen LogP contribution in [0.4, 0.5) is 11.4 Å². The molecule has 2 amide bonds. The van der Waals surface area contributed by atoms with Crippen molar-refractivity contribution in [2.75, 3.05) is 30.5 Å². The van der Waals surface area contributed by atoms with Gasteiger partial charge in [0.2, 0.25) is 0 Å². The van der Waals surface area contributed by atoms with Gasteiger partial charge >= 0.3 is 0 Å². The van der Waals surface area contributed by atoms with E-state index in [0.717, 1.165) is 5.56 Å². The van der Waals surface area contributed by atoms with E-state index in [2.05, 4.69) is 5.32 Å². The Morgan fingerprint density at radius 2 is 2.00 bits per heavy atom. The Balaban J connectivity index is 1.62. The van der Waals surface area contributed by atoms with Gasteiger partial charge in [0.15, 0.2) is 13.2 Å². The summed E-state index contributed by atoms with van der Waals surface area (Å²) in [6, 6.07) is 12.6. The van der Waals surface area contributed by atoms with Crippen molar-refractivity contribution in [3.63, 3.8) is 0 Å². The Morgan fingerprint density at radius 1 is 1.25 bits per heavy atom. The molecule has 1 N–H and O–H groups in total. The highest BCUT2D eigenvalue weighted by molar-refractivity contribution is 5.99. The Morgan fingerprint density at radius 3 is 2.75 bits per heavy atom. The fraction of sp³-hybridized carbons (Fsp3) is 0.222. The van der Waals surface area contributed by atoms with E-state index in [1.54, 1.807) is 25.2 Å². The molecule has 0 saturated carbocycles. The molecule has 0 unspecified atom stereocenters. The third-order valence-electron chi connectivity index (χ3n) is 3.72. The van der Waals surface area contributed by atoms with E-state index in [1.807, 2.05) is 31.2 Å². The first-order chi connectivity index (χ1) is 11.5. The molecule has 2 aromatic rings. The second-order valence-electron chi connectivity index (χ2n) is 5.57. The molecule has 0 saturated heterocycles. The number of carbonyl (C=O) groups is 2. The lowest BCUT2D eigenvalue weighted by molar-refractivity contribution is -0.121. The topological polar surface area (TPSA) is 67.9 Å². The van der Waals surface area contributed by atoms with Crippen molar-refractivity contribution in [3.05, 3.63) is 48.0 Å². The van der Waals surface area contributed by atoms with Gasteiger partial charge in [-0.3, -0.25) is 9.59 Å². The van der Waals surface area contributed by atoms with Crippen molar-refractivity contribution in [1.82, 2.24) is 0 Å². The number of hydrogen-bond acceptors (Lipinski definition) is 4. The van der Waals surface area contributed by atoms with Crippen molar-refractivity contribution in [2.24, 2.45) is 0 Å². The molecular formula is C18H18N2O4. The lowest BCUT2D eigenvalue weighted by atomic mass is 10.2. The fourth-order valence-electron chi connectivity index (χ4n) is 2.33. The van der Waals surface area contributed by atoms with Gasteiger partial charge in [-0.15, -0.1) is 0 Å². The number of carbonyl (C=O) groups excluding carboxylic acids is 2. The summed E-state index contributed by atoms with van der Waals surface area (Å²) in [6.07, 6.45) is 0. The van der Waals surface area contributed by atoms with E-state index in [1.165, 1.54) is 4.90 Å². The zero-order chi connectivity index (χ0) is 17.1. The molecule has 0 fully saturated rings. The van der Waals surface area contributed by atoms with Crippen LogP contribution in [0.25, 0.3) is 0 Å². The predicted octanol–water partition coefficient (Wildman–Crippen LogP) is 2.37. The summed E-state index contributed by atoms with van der Waals surface area (Å²) in [7, 11) is 1.68. The highest BCUT2D eigenvalue weighted by atomic mass is 16.5. The molecule has 0 bridgehead atoms. The lowest BCUT2D eigenvalue weighted by Gasteiger charge is -2.26. The Kier molecular flexibility index (Phi) is 4.37. The highest BCUT2D eigenvalue weighted by Gasteiger charge is 2.22. The molecule has 0 aliphatic carbocycles. The van der Waals surface area contributed by atoms with Crippen molar-refractivity contribution in [1.29, 1.82) is 0 Å². The Labute approximate surface area is 140 Å². The summed E-state index contributed by atoms with van der Waals surface area (Å²) in [5, 5.41) is 2.75. The van der Waals surface area contributed by atoms with Crippen molar-refractivity contribution >= 4 is 23.2 Å². The minimum absolute atomic E-state index is 0.0274. The number of ether oxygens (including phenoxy) is 2. The second kappa shape index (κ2) is 6.62. The zero-order valence-corrected chi connectivity index (χ0v) is 13.5. The molecule has 2 aromatic carbocycles.